The number of carbonyl (C=O) groups excluding carboxylic acids is 1. The number of hydrogen-bond donors (Lipinski definition) is 3. The number of carbonyl (C=O) groups is 1. The summed E-state index contributed by atoms with van der Waals surface area (Å²) in [5, 5.41) is 6.95. The average molecular weight is 402 g/mol. The Bertz CT molecular complexity index is 941. The van der Waals surface area contributed by atoms with Gasteiger partial charge in [0.2, 0.25) is 0 Å². The number of amides is 1. The van der Waals surface area contributed by atoms with Crippen LogP contribution < -0.4 is 10.6 Å². The van der Waals surface area contributed by atoms with Crippen LogP contribution >= 0.6 is 23.2 Å². The number of nitrogens with zero attached hydrogens (tertiary/aromatic N) is 2. The topological polar surface area (TPSA) is 82.2 Å². The number of H-pyrrole nitrogens is 1. The van der Waals surface area contributed by atoms with E-state index in [0.29, 0.717) is 33.5 Å². The number of anilines is 1. The molecule has 3 N–H and O–H groups in total. The van der Waals surface area contributed by atoms with Gasteiger partial charge in [-0.3, -0.25) is 4.79 Å². The molecule has 0 fully saturated rings. The van der Waals surface area contributed by atoms with Crippen LogP contribution in [0.2, 0.25) is 10.0 Å². The van der Waals surface area contributed by atoms with Crippen LogP contribution in [0.25, 0.3) is 0 Å². The highest BCUT2D eigenvalue weighted by molar-refractivity contribution is 6.34. The lowest BCUT2D eigenvalue weighted by molar-refractivity contribution is 0.0978. The van der Waals surface area contributed by atoms with Gasteiger partial charge in [0.05, 0.1) is 29.1 Å². The number of aliphatic imine (C=N–C) groups is 1. The largest absolute Gasteiger partial charge is 0.382 e. The van der Waals surface area contributed by atoms with Crippen LogP contribution in [0.4, 0.5) is 11.4 Å². The van der Waals surface area contributed by atoms with Crippen molar-refractivity contribution in [1.29, 1.82) is 0 Å². The Kier molecular flexibility index (Phi) is 6.46. The van der Waals surface area contributed by atoms with Crippen molar-refractivity contribution in [2.75, 3.05) is 11.9 Å². The van der Waals surface area contributed by atoms with Crippen molar-refractivity contribution in [3.05, 3.63) is 76.3 Å². The van der Waals surface area contributed by atoms with Crippen LogP contribution in [-0.4, -0.2) is 28.8 Å². The number of benzene rings is 2. The third kappa shape index (κ3) is 5.32. The molecule has 6 nitrogen and oxygen atoms in total. The number of para-hydroxylation sites is 1. The molecule has 2 aromatic carbocycles. The molecule has 138 valence electrons. The third-order valence-electron chi connectivity index (χ3n) is 3.73. The van der Waals surface area contributed by atoms with E-state index in [-0.39, 0.29) is 5.91 Å². The van der Waals surface area contributed by atoms with E-state index in [4.69, 9.17) is 23.2 Å². The summed E-state index contributed by atoms with van der Waals surface area (Å²) in [4.78, 5) is 23.5. The highest BCUT2D eigenvalue weighted by Crippen LogP contribution is 2.32. The highest BCUT2D eigenvalue weighted by atomic mass is 35.5. The lowest BCUT2D eigenvalue weighted by Crippen LogP contribution is -2.21. The molecule has 1 amide bonds. The maximum absolute atomic E-state index is 12.1. The summed E-state index contributed by atoms with van der Waals surface area (Å²) in [5.41, 5.74) is 2.80. The maximum Gasteiger partial charge on any atom is 0.256 e. The zero-order valence-corrected chi connectivity index (χ0v) is 15.8. The summed E-state index contributed by atoms with van der Waals surface area (Å²) in [6.45, 7) is 0.656. The molecule has 0 aliphatic carbocycles. The van der Waals surface area contributed by atoms with Gasteiger partial charge in [-0.2, -0.15) is 0 Å². The summed E-state index contributed by atoms with van der Waals surface area (Å²) in [7, 11) is 0. The molecule has 0 radical (unpaired) electrons. The fraction of sp³-hybridized carbons (Fsp3) is 0.105. The molecular weight excluding hydrogens is 385 g/mol. The second-order valence-electron chi connectivity index (χ2n) is 5.63. The zero-order valence-electron chi connectivity index (χ0n) is 14.2. The Morgan fingerprint density at radius 2 is 2.07 bits per heavy atom. The molecule has 1 aromatic heterocycles. The fourth-order valence-corrected chi connectivity index (χ4v) is 2.84. The van der Waals surface area contributed by atoms with Crippen molar-refractivity contribution in [1.82, 2.24) is 15.3 Å². The molecule has 0 bridgehead atoms. The average Bonchev–Trinajstić information content (AvgIpc) is 3.17. The van der Waals surface area contributed by atoms with Gasteiger partial charge in [0, 0.05) is 35.4 Å². The SMILES string of the molecule is O=C(NC=Nc1cccc(Cl)c1NCCc1cnc[nH]1)c1cccc(Cl)c1. The van der Waals surface area contributed by atoms with Crippen molar-refractivity contribution in [3.63, 3.8) is 0 Å². The van der Waals surface area contributed by atoms with E-state index in [2.05, 4.69) is 25.6 Å². The first-order valence-electron chi connectivity index (χ1n) is 8.22. The van der Waals surface area contributed by atoms with E-state index < -0.39 is 0 Å². The van der Waals surface area contributed by atoms with E-state index >= 15 is 0 Å². The van der Waals surface area contributed by atoms with Crippen LogP contribution in [-0.2, 0) is 6.42 Å². The molecule has 8 heteroatoms. The Balaban J connectivity index is 1.64. The molecule has 3 rings (SSSR count). The minimum Gasteiger partial charge on any atom is -0.382 e. The predicted molar refractivity (Wildman–Crippen MR) is 109 cm³/mol. The van der Waals surface area contributed by atoms with Crippen molar-refractivity contribution in [2.24, 2.45) is 4.99 Å². The molecule has 0 atom stereocenters. The summed E-state index contributed by atoms with van der Waals surface area (Å²) in [5.74, 6) is -0.294. The predicted octanol–water partition coefficient (Wildman–Crippen LogP) is 4.46. The number of imidazole rings is 1. The van der Waals surface area contributed by atoms with Gasteiger partial charge in [-0.25, -0.2) is 9.98 Å². The molecule has 0 saturated heterocycles. The van der Waals surface area contributed by atoms with Gasteiger partial charge >= 0.3 is 0 Å². The molecule has 0 saturated carbocycles. The summed E-state index contributed by atoms with van der Waals surface area (Å²) in [6, 6.07) is 12.1. The fourth-order valence-electron chi connectivity index (χ4n) is 2.41. The minimum absolute atomic E-state index is 0.294. The highest BCUT2D eigenvalue weighted by Gasteiger charge is 2.07. The van der Waals surface area contributed by atoms with Gasteiger partial charge in [0.1, 0.15) is 0 Å². The van der Waals surface area contributed by atoms with Gasteiger partial charge < -0.3 is 15.6 Å². The van der Waals surface area contributed by atoms with E-state index in [1.807, 2.05) is 6.07 Å². The first kappa shape index (κ1) is 18.9. The first-order chi connectivity index (χ1) is 13.1. The molecule has 1 heterocycles. The standard InChI is InChI=1S/C19H17Cl2N5O/c20-14-4-1-3-13(9-14)19(27)26-12-25-17-6-2-5-16(21)18(17)23-8-7-15-10-22-11-24-15/h1-6,9-12,23H,7-8H2,(H,22,24)(H,25,26,27). The van der Waals surface area contributed by atoms with Gasteiger partial charge in [-0.05, 0) is 30.3 Å². The number of hydrogen-bond acceptors (Lipinski definition) is 4. The Labute approximate surface area is 166 Å². The number of halogens is 2. The number of rotatable bonds is 7. The normalized spacial score (nSPS) is 10.9. The van der Waals surface area contributed by atoms with Crippen molar-refractivity contribution < 1.29 is 4.79 Å². The van der Waals surface area contributed by atoms with Crippen LogP contribution in [0.3, 0.4) is 0 Å². The minimum atomic E-state index is -0.294. The van der Waals surface area contributed by atoms with Crippen LogP contribution in [0.1, 0.15) is 16.1 Å². The van der Waals surface area contributed by atoms with Gasteiger partial charge in [-0.15, -0.1) is 0 Å². The molecule has 0 spiro atoms. The summed E-state index contributed by atoms with van der Waals surface area (Å²) >= 11 is 12.2. The molecule has 0 aliphatic rings. The van der Waals surface area contributed by atoms with E-state index in [1.54, 1.807) is 48.9 Å². The third-order valence-corrected chi connectivity index (χ3v) is 4.28. The smallest absolute Gasteiger partial charge is 0.256 e. The molecule has 0 unspecified atom stereocenters. The molecule has 27 heavy (non-hydrogen) atoms. The van der Waals surface area contributed by atoms with Crippen LogP contribution in [0, 0.1) is 0 Å². The summed E-state index contributed by atoms with van der Waals surface area (Å²) < 4.78 is 0. The first-order valence-corrected chi connectivity index (χ1v) is 8.97. The van der Waals surface area contributed by atoms with Crippen molar-refractivity contribution in [3.8, 4) is 0 Å². The molecular formula is C19H17Cl2N5O. The zero-order chi connectivity index (χ0) is 19.1. The Hall–Kier alpha value is -2.83. The van der Waals surface area contributed by atoms with Gasteiger partial charge in [-0.1, -0.05) is 35.3 Å². The number of aromatic amines is 1. The Morgan fingerprint density at radius 1 is 1.22 bits per heavy atom. The number of aromatic nitrogens is 2. The van der Waals surface area contributed by atoms with Crippen molar-refractivity contribution >= 4 is 46.8 Å². The van der Waals surface area contributed by atoms with Crippen molar-refractivity contribution in [2.45, 2.75) is 6.42 Å². The van der Waals surface area contributed by atoms with Crippen LogP contribution in [0.5, 0.6) is 0 Å². The monoisotopic (exact) mass is 401 g/mol. The number of nitrogens with one attached hydrogen (secondary N) is 3. The van der Waals surface area contributed by atoms with Gasteiger partial charge in [0.15, 0.2) is 0 Å². The Morgan fingerprint density at radius 3 is 2.85 bits per heavy atom. The lowest BCUT2D eigenvalue weighted by atomic mass is 10.2. The molecule has 0 aliphatic heterocycles. The van der Waals surface area contributed by atoms with E-state index in [1.165, 1.54) is 6.34 Å². The molecule has 3 aromatic rings. The van der Waals surface area contributed by atoms with Gasteiger partial charge in [0.25, 0.3) is 5.91 Å². The summed E-state index contributed by atoms with van der Waals surface area (Å²) in [6.07, 6.45) is 5.52. The quantitative estimate of drug-likeness (QED) is 0.403. The lowest BCUT2D eigenvalue weighted by Gasteiger charge is -2.10. The van der Waals surface area contributed by atoms with E-state index in [0.717, 1.165) is 12.1 Å². The second-order valence-corrected chi connectivity index (χ2v) is 6.47. The van der Waals surface area contributed by atoms with Crippen LogP contribution in [0.15, 0.2) is 60.0 Å². The second kappa shape index (κ2) is 9.21. The maximum atomic E-state index is 12.1. The van der Waals surface area contributed by atoms with E-state index in [9.17, 15) is 4.79 Å².